The van der Waals surface area contributed by atoms with Gasteiger partial charge in [0, 0.05) is 12.7 Å². The Kier molecular flexibility index (Phi) is 8.83. The minimum Gasteiger partial charge on any atom is -0.406 e. The van der Waals surface area contributed by atoms with Gasteiger partial charge in [-0.25, -0.2) is 0 Å². The molecular formula is C25H32F3NO2. The van der Waals surface area contributed by atoms with Crippen molar-refractivity contribution in [2.45, 2.75) is 82.6 Å². The Balaban J connectivity index is 1.32. The molecule has 2 aliphatic carbocycles. The first-order valence-corrected chi connectivity index (χ1v) is 11.4. The van der Waals surface area contributed by atoms with Crippen LogP contribution in [-0.2, 0) is 4.74 Å². The predicted molar refractivity (Wildman–Crippen MR) is 114 cm³/mol. The molecule has 0 N–H and O–H groups in total. The van der Waals surface area contributed by atoms with Crippen LogP contribution in [0.15, 0.2) is 36.4 Å². The van der Waals surface area contributed by atoms with Crippen molar-refractivity contribution in [3.8, 4) is 11.8 Å². The molecule has 0 amide bonds. The van der Waals surface area contributed by atoms with E-state index in [9.17, 15) is 13.2 Å². The number of hydrogen-bond donors (Lipinski definition) is 0. The normalized spacial score (nSPS) is 27.2. The SMILES string of the molecule is N#CC=CCCC1CCC(COC2CCC(c3ccc(OC(F)(F)F)cc3)CC2)CC1. The molecule has 0 aromatic heterocycles. The third-order valence-electron chi connectivity index (χ3n) is 6.73. The molecule has 1 aromatic rings. The first-order chi connectivity index (χ1) is 14.9. The van der Waals surface area contributed by atoms with Crippen LogP contribution in [0.3, 0.4) is 0 Å². The van der Waals surface area contributed by atoms with Crippen molar-refractivity contribution >= 4 is 0 Å². The molecule has 0 saturated heterocycles. The topological polar surface area (TPSA) is 42.2 Å². The summed E-state index contributed by atoms with van der Waals surface area (Å²) in [6.07, 6.45) is 10.4. The van der Waals surface area contributed by atoms with E-state index in [0.717, 1.165) is 50.2 Å². The zero-order valence-corrected chi connectivity index (χ0v) is 17.9. The van der Waals surface area contributed by atoms with E-state index in [-0.39, 0.29) is 5.75 Å². The fourth-order valence-electron chi connectivity index (χ4n) is 4.93. The summed E-state index contributed by atoms with van der Waals surface area (Å²) in [5, 5.41) is 8.53. The van der Waals surface area contributed by atoms with Gasteiger partial charge in [-0.15, -0.1) is 13.2 Å². The van der Waals surface area contributed by atoms with Crippen LogP contribution >= 0.6 is 0 Å². The van der Waals surface area contributed by atoms with Crippen LogP contribution in [0.2, 0.25) is 0 Å². The van der Waals surface area contributed by atoms with Gasteiger partial charge >= 0.3 is 6.36 Å². The molecule has 6 heteroatoms. The van der Waals surface area contributed by atoms with Gasteiger partial charge in [0.15, 0.2) is 0 Å². The highest BCUT2D eigenvalue weighted by Crippen LogP contribution is 2.36. The minimum absolute atomic E-state index is 0.165. The average molecular weight is 436 g/mol. The Morgan fingerprint density at radius 1 is 0.935 bits per heavy atom. The lowest BCUT2D eigenvalue weighted by molar-refractivity contribution is -0.274. The largest absolute Gasteiger partial charge is 0.573 e. The molecular weight excluding hydrogens is 403 g/mol. The molecule has 2 fully saturated rings. The molecule has 0 heterocycles. The molecule has 2 aliphatic rings. The molecule has 0 aliphatic heterocycles. The van der Waals surface area contributed by atoms with Gasteiger partial charge in [-0.05, 0) is 86.8 Å². The van der Waals surface area contributed by atoms with Crippen molar-refractivity contribution < 1.29 is 22.6 Å². The van der Waals surface area contributed by atoms with Gasteiger partial charge in [-0.2, -0.15) is 5.26 Å². The van der Waals surface area contributed by atoms with E-state index in [1.165, 1.54) is 44.2 Å². The minimum atomic E-state index is -4.65. The zero-order chi connectivity index (χ0) is 22.1. The fourth-order valence-corrected chi connectivity index (χ4v) is 4.93. The Hall–Kier alpha value is -2.00. The second-order valence-electron chi connectivity index (χ2n) is 8.92. The number of hydrogen-bond acceptors (Lipinski definition) is 3. The number of alkyl halides is 3. The number of benzene rings is 1. The van der Waals surface area contributed by atoms with Gasteiger partial charge in [0.05, 0.1) is 12.2 Å². The summed E-state index contributed by atoms with van der Waals surface area (Å²) < 4.78 is 47.1. The maximum Gasteiger partial charge on any atom is 0.573 e. The van der Waals surface area contributed by atoms with E-state index >= 15 is 0 Å². The van der Waals surface area contributed by atoms with Crippen LogP contribution < -0.4 is 4.74 Å². The summed E-state index contributed by atoms with van der Waals surface area (Å²) >= 11 is 0. The second kappa shape index (κ2) is 11.6. The summed E-state index contributed by atoms with van der Waals surface area (Å²) in [5.74, 6) is 1.65. The molecule has 0 unspecified atom stereocenters. The molecule has 0 spiro atoms. The van der Waals surface area contributed by atoms with Crippen molar-refractivity contribution in [1.29, 1.82) is 5.26 Å². The first kappa shape index (κ1) is 23.7. The Morgan fingerprint density at radius 2 is 1.58 bits per heavy atom. The molecule has 31 heavy (non-hydrogen) atoms. The lowest BCUT2D eigenvalue weighted by atomic mass is 9.80. The summed E-state index contributed by atoms with van der Waals surface area (Å²) in [4.78, 5) is 0. The van der Waals surface area contributed by atoms with Crippen LogP contribution in [0.1, 0.15) is 75.7 Å². The third-order valence-corrected chi connectivity index (χ3v) is 6.73. The van der Waals surface area contributed by atoms with E-state index in [1.54, 1.807) is 18.2 Å². The van der Waals surface area contributed by atoms with Crippen LogP contribution in [-0.4, -0.2) is 19.1 Å². The molecule has 0 radical (unpaired) electrons. The quantitative estimate of drug-likeness (QED) is 0.403. The van der Waals surface area contributed by atoms with E-state index in [1.807, 2.05) is 12.1 Å². The molecule has 2 saturated carbocycles. The van der Waals surface area contributed by atoms with Crippen LogP contribution in [0.4, 0.5) is 13.2 Å². The zero-order valence-electron chi connectivity index (χ0n) is 17.9. The van der Waals surface area contributed by atoms with Crippen LogP contribution in [0.25, 0.3) is 0 Å². The van der Waals surface area contributed by atoms with E-state index in [0.29, 0.717) is 17.9 Å². The molecule has 1 aromatic carbocycles. The van der Waals surface area contributed by atoms with E-state index in [4.69, 9.17) is 10.00 Å². The smallest absolute Gasteiger partial charge is 0.406 e. The van der Waals surface area contributed by atoms with Gasteiger partial charge in [0.25, 0.3) is 0 Å². The second-order valence-corrected chi connectivity index (χ2v) is 8.92. The molecule has 0 atom stereocenters. The molecule has 3 nitrogen and oxygen atoms in total. The number of nitrogens with zero attached hydrogens (tertiary/aromatic N) is 1. The van der Waals surface area contributed by atoms with Crippen LogP contribution in [0, 0.1) is 23.2 Å². The highest BCUT2D eigenvalue weighted by Gasteiger charge is 2.31. The van der Waals surface area contributed by atoms with Crippen molar-refractivity contribution in [2.75, 3.05) is 6.61 Å². The summed E-state index contributed by atoms with van der Waals surface area (Å²) in [6, 6.07) is 8.35. The monoisotopic (exact) mass is 435 g/mol. The van der Waals surface area contributed by atoms with Gasteiger partial charge in [-0.3, -0.25) is 0 Å². The Labute approximate surface area is 183 Å². The molecule has 170 valence electrons. The Bertz CT molecular complexity index is 723. The molecule has 3 rings (SSSR count). The van der Waals surface area contributed by atoms with E-state index in [2.05, 4.69) is 4.74 Å². The van der Waals surface area contributed by atoms with E-state index < -0.39 is 6.36 Å². The number of rotatable bonds is 8. The Morgan fingerprint density at radius 3 is 2.19 bits per heavy atom. The maximum atomic E-state index is 12.3. The summed E-state index contributed by atoms with van der Waals surface area (Å²) in [6.45, 7) is 0.847. The van der Waals surface area contributed by atoms with Gasteiger partial charge in [0.2, 0.25) is 0 Å². The standard InChI is InChI=1S/C25H32F3NO2/c26-25(27,28)31-24-15-11-22(12-16-24)21-9-13-23(14-10-21)30-18-20-7-5-19(6-8-20)4-2-1-3-17-29/h1,3,11-12,15-16,19-21,23H,2,4-10,13-14,18H2. The van der Waals surface area contributed by atoms with Crippen molar-refractivity contribution in [3.63, 3.8) is 0 Å². The number of halogens is 3. The summed E-state index contributed by atoms with van der Waals surface area (Å²) in [5.41, 5.74) is 1.08. The fraction of sp³-hybridized carbons (Fsp3) is 0.640. The van der Waals surface area contributed by atoms with Crippen molar-refractivity contribution in [2.24, 2.45) is 11.8 Å². The maximum absolute atomic E-state index is 12.3. The number of ether oxygens (including phenoxy) is 2. The number of nitriles is 1. The van der Waals surface area contributed by atoms with Gasteiger partial charge in [0.1, 0.15) is 5.75 Å². The lowest BCUT2D eigenvalue weighted by Gasteiger charge is -2.32. The highest BCUT2D eigenvalue weighted by atomic mass is 19.4. The number of allylic oxidation sites excluding steroid dienone is 2. The molecule has 0 bridgehead atoms. The summed E-state index contributed by atoms with van der Waals surface area (Å²) in [7, 11) is 0. The predicted octanol–water partition coefficient (Wildman–Crippen LogP) is 7.29. The lowest BCUT2D eigenvalue weighted by Crippen LogP contribution is -2.25. The van der Waals surface area contributed by atoms with Crippen molar-refractivity contribution in [1.82, 2.24) is 0 Å². The highest BCUT2D eigenvalue weighted by molar-refractivity contribution is 5.29. The van der Waals surface area contributed by atoms with Gasteiger partial charge in [-0.1, -0.05) is 31.1 Å². The average Bonchev–Trinajstić information content (AvgIpc) is 2.76. The third kappa shape index (κ3) is 8.22. The van der Waals surface area contributed by atoms with Crippen molar-refractivity contribution in [3.05, 3.63) is 42.0 Å². The first-order valence-electron chi connectivity index (χ1n) is 11.4. The van der Waals surface area contributed by atoms with Gasteiger partial charge < -0.3 is 9.47 Å². The van der Waals surface area contributed by atoms with Crippen LogP contribution in [0.5, 0.6) is 5.75 Å².